The Morgan fingerprint density at radius 3 is 1.33 bits per heavy atom. The van der Waals surface area contributed by atoms with Gasteiger partial charge in [-0.05, 0) is 25.9 Å². The van der Waals surface area contributed by atoms with Gasteiger partial charge < -0.3 is 5.32 Å². The van der Waals surface area contributed by atoms with Crippen LogP contribution in [0.3, 0.4) is 0 Å². The van der Waals surface area contributed by atoms with Crippen molar-refractivity contribution < 1.29 is 9.59 Å². The fourth-order valence-corrected chi connectivity index (χ4v) is 0.802. The average molecular weight is 171 g/mol. The van der Waals surface area contributed by atoms with Crippen molar-refractivity contribution in [2.24, 2.45) is 0 Å². The highest BCUT2D eigenvalue weighted by Crippen LogP contribution is 1.96. The highest BCUT2D eigenvalue weighted by Gasteiger charge is 1.93. The van der Waals surface area contributed by atoms with E-state index in [0.717, 1.165) is 12.2 Å². The second-order valence-electron chi connectivity index (χ2n) is 2.01. The summed E-state index contributed by atoms with van der Waals surface area (Å²) in [6, 6.07) is 0. The summed E-state index contributed by atoms with van der Waals surface area (Å²) >= 11 is 0. The van der Waals surface area contributed by atoms with Crippen molar-refractivity contribution >= 4 is 12.2 Å². The second kappa shape index (κ2) is 16.4. The summed E-state index contributed by atoms with van der Waals surface area (Å²) < 4.78 is 0. The predicted molar refractivity (Wildman–Crippen MR) is 43.5 cm³/mol. The van der Waals surface area contributed by atoms with Crippen molar-refractivity contribution in [3.8, 4) is 0 Å². The van der Waals surface area contributed by atoms with Crippen LogP contribution < -0.4 is 5.32 Å². The van der Waals surface area contributed by atoms with E-state index >= 15 is 0 Å². The number of carbonyl (C=O) groups excluding carboxylic acids is 2. The first-order valence-electron chi connectivity index (χ1n) is 3.62. The SMILES string of the molecule is C1CCNCC1.N=C=O.N=C=O. The Labute approximate surface area is 71.2 Å². The molecule has 68 valence electrons. The van der Waals surface area contributed by atoms with Crippen molar-refractivity contribution in [2.75, 3.05) is 13.1 Å². The lowest BCUT2D eigenvalue weighted by Gasteiger charge is -2.08. The van der Waals surface area contributed by atoms with Crippen molar-refractivity contribution in [3.05, 3.63) is 0 Å². The molecule has 0 amide bonds. The fraction of sp³-hybridized carbons (Fsp3) is 0.714. The van der Waals surface area contributed by atoms with Crippen LogP contribution in [0.15, 0.2) is 0 Å². The number of hydrogen-bond donors (Lipinski definition) is 3. The lowest BCUT2D eigenvalue weighted by atomic mass is 10.2. The maximum Gasteiger partial charge on any atom is 0.231 e. The zero-order valence-electron chi connectivity index (χ0n) is 6.85. The zero-order chi connectivity index (χ0) is 9.66. The monoisotopic (exact) mass is 171 g/mol. The van der Waals surface area contributed by atoms with Crippen molar-refractivity contribution in [1.82, 2.24) is 5.32 Å². The van der Waals surface area contributed by atoms with Gasteiger partial charge in [0.05, 0.1) is 0 Å². The number of isocyanates is 2. The molecule has 0 spiro atoms. The van der Waals surface area contributed by atoms with E-state index in [2.05, 4.69) is 5.32 Å². The molecule has 1 saturated heterocycles. The molecule has 0 saturated carbocycles. The summed E-state index contributed by atoms with van der Waals surface area (Å²) in [4.78, 5) is 16.7. The Kier molecular flexibility index (Phi) is 18.2. The van der Waals surface area contributed by atoms with E-state index in [1.165, 1.54) is 32.4 Å². The van der Waals surface area contributed by atoms with Crippen LogP contribution in [0.1, 0.15) is 19.3 Å². The Bertz CT molecular complexity index is 119. The Morgan fingerprint density at radius 1 is 0.917 bits per heavy atom. The van der Waals surface area contributed by atoms with Crippen molar-refractivity contribution in [2.45, 2.75) is 19.3 Å². The van der Waals surface area contributed by atoms with Crippen molar-refractivity contribution in [3.63, 3.8) is 0 Å². The van der Waals surface area contributed by atoms with Crippen LogP contribution in [-0.2, 0) is 9.59 Å². The molecule has 1 aliphatic rings. The van der Waals surface area contributed by atoms with E-state index in [1.807, 2.05) is 0 Å². The summed E-state index contributed by atoms with van der Waals surface area (Å²) in [7, 11) is 0. The van der Waals surface area contributed by atoms with E-state index in [1.54, 1.807) is 0 Å². The number of rotatable bonds is 0. The molecule has 1 rings (SSSR count). The molecule has 0 atom stereocenters. The minimum Gasteiger partial charge on any atom is -0.317 e. The third kappa shape index (κ3) is 23.3. The molecule has 3 N–H and O–H groups in total. The van der Waals surface area contributed by atoms with E-state index in [-0.39, 0.29) is 0 Å². The van der Waals surface area contributed by atoms with Crippen LogP contribution in [0.25, 0.3) is 0 Å². The Balaban J connectivity index is 0. The first-order valence-corrected chi connectivity index (χ1v) is 3.62. The number of hydrogen-bond acceptors (Lipinski definition) is 5. The van der Waals surface area contributed by atoms with Gasteiger partial charge in [-0.1, -0.05) is 6.42 Å². The van der Waals surface area contributed by atoms with Gasteiger partial charge in [-0.25, -0.2) is 20.4 Å². The molecule has 0 aromatic carbocycles. The van der Waals surface area contributed by atoms with Crippen LogP contribution in [0.5, 0.6) is 0 Å². The third-order valence-corrected chi connectivity index (χ3v) is 1.21. The quantitative estimate of drug-likeness (QED) is 0.367. The van der Waals surface area contributed by atoms with Gasteiger partial charge in [0.25, 0.3) is 0 Å². The molecule has 0 bridgehead atoms. The van der Waals surface area contributed by atoms with Gasteiger partial charge in [-0.3, -0.25) is 0 Å². The molecule has 0 aliphatic carbocycles. The minimum absolute atomic E-state index is 0.750. The maximum absolute atomic E-state index is 8.35. The predicted octanol–water partition coefficient (Wildman–Crippen LogP) is 0.562. The largest absolute Gasteiger partial charge is 0.317 e. The zero-order valence-corrected chi connectivity index (χ0v) is 6.85. The summed E-state index contributed by atoms with van der Waals surface area (Å²) in [5.74, 6) is 0. The molecule has 0 aromatic rings. The van der Waals surface area contributed by atoms with E-state index < -0.39 is 0 Å². The normalized spacial score (nSPS) is 13.3. The Morgan fingerprint density at radius 2 is 1.25 bits per heavy atom. The highest BCUT2D eigenvalue weighted by molar-refractivity contribution is 5.26. The highest BCUT2D eigenvalue weighted by atomic mass is 16.1. The fourth-order valence-electron chi connectivity index (χ4n) is 0.802. The summed E-state index contributed by atoms with van der Waals surface area (Å²) in [6.07, 6.45) is 5.72. The molecule has 0 radical (unpaired) electrons. The first-order chi connectivity index (χ1) is 5.83. The molecule has 5 heteroatoms. The third-order valence-electron chi connectivity index (χ3n) is 1.21. The molecular weight excluding hydrogens is 158 g/mol. The van der Waals surface area contributed by atoms with E-state index in [0.29, 0.717) is 0 Å². The lowest BCUT2D eigenvalue weighted by Crippen LogP contribution is -2.21. The van der Waals surface area contributed by atoms with E-state index in [4.69, 9.17) is 20.4 Å². The minimum atomic E-state index is 0.750. The molecule has 5 nitrogen and oxygen atoms in total. The van der Waals surface area contributed by atoms with Gasteiger partial charge >= 0.3 is 0 Å². The van der Waals surface area contributed by atoms with Gasteiger partial charge in [0.1, 0.15) is 0 Å². The molecule has 1 fully saturated rings. The summed E-state index contributed by atoms with van der Waals surface area (Å²) in [5.41, 5.74) is 0. The topological polar surface area (TPSA) is 93.9 Å². The van der Waals surface area contributed by atoms with Crippen LogP contribution in [0.2, 0.25) is 0 Å². The molecule has 1 aliphatic heterocycles. The lowest BCUT2D eigenvalue weighted by molar-refractivity contribution is 0.520. The van der Waals surface area contributed by atoms with Gasteiger partial charge in [0.2, 0.25) is 12.2 Å². The molecule has 12 heavy (non-hydrogen) atoms. The molecule has 0 aromatic heterocycles. The van der Waals surface area contributed by atoms with Crippen LogP contribution in [0.4, 0.5) is 0 Å². The van der Waals surface area contributed by atoms with Crippen LogP contribution in [0, 0.1) is 10.8 Å². The van der Waals surface area contributed by atoms with Gasteiger partial charge in [-0.15, -0.1) is 0 Å². The average Bonchev–Trinajstić information content (AvgIpc) is 2.10. The molecule has 1 heterocycles. The number of piperidine rings is 1. The summed E-state index contributed by atoms with van der Waals surface area (Å²) in [5, 5.41) is 14.1. The van der Waals surface area contributed by atoms with Crippen LogP contribution in [-0.4, -0.2) is 25.2 Å². The molecular formula is C7H13N3O2. The number of nitrogens with one attached hydrogen (secondary N) is 3. The Hall–Kier alpha value is -1.28. The summed E-state index contributed by atoms with van der Waals surface area (Å²) in [6.45, 7) is 2.50. The van der Waals surface area contributed by atoms with Crippen LogP contribution >= 0.6 is 0 Å². The van der Waals surface area contributed by atoms with E-state index in [9.17, 15) is 0 Å². The van der Waals surface area contributed by atoms with Gasteiger partial charge in [-0.2, -0.15) is 0 Å². The van der Waals surface area contributed by atoms with Crippen molar-refractivity contribution in [1.29, 1.82) is 10.8 Å². The smallest absolute Gasteiger partial charge is 0.231 e. The van der Waals surface area contributed by atoms with Gasteiger partial charge in [0.15, 0.2) is 0 Å². The maximum atomic E-state index is 8.35. The standard InChI is InChI=1S/C5H11N.2CHNO/c1-2-4-6-5-3-1;2*2-1-3/h6H,1-5H2;2*2H. The second-order valence-corrected chi connectivity index (χ2v) is 2.01. The van der Waals surface area contributed by atoms with Gasteiger partial charge in [0, 0.05) is 0 Å². The molecule has 0 unspecified atom stereocenters. The first kappa shape index (κ1) is 13.3.